The van der Waals surface area contributed by atoms with Crippen molar-refractivity contribution in [2.75, 3.05) is 10.6 Å². The van der Waals surface area contributed by atoms with Crippen LogP contribution in [0.25, 0.3) is 12.2 Å². The third kappa shape index (κ3) is 7.31. The van der Waals surface area contributed by atoms with Gasteiger partial charge in [0.2, 0.25) is 11.8 Å². The summed E-state index contributed by atoms with van der Waals surface area (Å²) in [4.78, 5) is 24.9. The minimum atomic E-state index is -0.268. The van der Waals surface area contributed by atoms with Crippen LogP contribution in [0.1, 0.15) is 61.8 Å². The maximum Gasteiger partial charge on any atom is 0.248 e. The van der Waals surface area contributed by atoms with Crippen LogP contribution in [0.4, 0.5) is 11.4 Å². The van der Waals surface area contributed by atoms with Gasteiger partial charge in [-0.15, -0.1) is 0 Å². The minimum Gasteiger partial charge on any atom is -0.321 e. The molecule has 4 heteroatoms. The first-order valence-corrected chi connectivity index (χ1v) is 11.6. The van der Waals surface area contributed by atoms with E-state index in [-0.39, 0.29) is 11.8 Å². The van der Waals surface area contributed by atoms with Gasteiger partial charge in [0, 0.05) is 12.2 Å². The molecule has 4 nitrogen and oxygen atoms in total. The molecular weight excluding hydrogens is 420 g/mol. The van der Waals surface area contributed by atoms with Crippen molar-refractivity contribution in [1.82, 2.24) is 0 Å². The van der Waals surface area contributed by atoms with Gasteiger partial charge in [-0.1, -0.05) is 88.4 Å². The number of amides is 2. The Morgan fingerprint density at radius 1 is 0.588 bits per heavy atom. The zero-order chi connectivity index (χ0) is 24.5. The normalized spacial score (nSPS) is 11.5. The summed E-state index contributed by atoms with van der Waals surface area (Å²) in [6.07, 6.45) is 6.52. The highest BCUT2D eigenvalue weighted by molar-refractivity contribution is 6.07. The lowest BCUT2D eigenvalue weighted by Crippen LogP contribution is -2.13. The van der Waals surface area contributed by atoms with Gasteiger partial charge in [-0.05, 0) is 58.4 Å². The summed E-state index contributed by atoms with van der Waals surface area (Å²) in [6.45, 7) is 8.59. The molecule has 2 N–H and O–H groups in total. The SMILES string of the molecule is CC(C)c1ccc(/C=C/C(=O)Nc2ccccc2NC(=O)/C=C/c2ccc(C(C)C)cc2)cc1. The van der Waals surface area contributed by atoms with Crippen LogP contribution in [0, 0.1) is 0 Å². The number of hydrogen-bond donors (Lipinski definition) is 2. The maximum absolute atomic E-state index is 12.5. The van der Waals surface area contributed by atoms with Gasteiger partial charge in [-0.2, -0.15) is 0 Å². The fourth-order valence-electron chi connectivity index (χ4n) is 3.38. The van der Waals surface area contributed by atoms with E-state index in [1.165, 1.54) is 23.3 Å². The molecule has 0 heterocycles. The number of rotatable bonds is 8. The smallest absolute Gasteiger partial charge is 0.248 e. The standard InChI is InChI=1S/C30H32N2O2/c1-21(2)25-15-9-23(10-16-25)13-19-29(33)31-27-7-5-6-8-28(27)32-30(34)20-14-24-11-17-26(18-12-24)22(3)4/h5-22H,1-4H3,(H,31,33)(H,32,34)/b19-13+,20-14+. The second-order valence-electron chi connectivity index (χ2n) is 8.83. The predicted molar refractivity (Wildman–Crippen MR) is 143 cm³/mol. The average molecular weight is 453 g/mol. The summed E-state index contributed by atoms with van der Waals surface area (Å²) < 4.78 is 0. The fraction of sp³-hybridized carbons (Fsp3) is 0.200. The van der Waals surface area contributed by atoms with Crippen LogP contribution < -0.4 is 10.6 Å². The summed E-state index contributed by atoms with van der Waals surface area (Å²) in [7, 11) is 0. The molecule has 3 rings (SSSR count). The molecule has 34 heavy (non-hydrogen) atoms. The lowest BCUT2D eigenvalue weighted by Gasteiger charge is -2.10. The number of para-hydroxylation sites is 2. The van der Waals surface area contributed by atoms with Crippen molar-refractivity contribution in [2.24, 2.45) is 0 Å². The maximum atomic E-state index is 12.5. The Kier molecular flexibility index (Phi) is 8.58. The number of carbonyl (C=O) groups excluding carboxylic acids is 2. The third-order valence-corrected chi connectivity index (χ3v) is 5.50. The van der Waals surface area contributed by atoms with Gasteiger partial charge in [0.15, 0.2) is 0 Å². The van der Waals surface area contributed by atoms with Crippen LogP contribution in [-0.4, -0.2) is 11.8 Å². The van der Waals surface area contributed by atoms with E-state index in [2.05, 4.69) is 62.6 Å². The summed E-state index contributed by atoms with van der Waals surface area (Å²) in [5.74, 6) is 0.396. The van der Waals surface area contributed by atoms with Crippen LogP contribution in [0.3, 0.4) is 0 Å². The Labute approximate surface area is 202 Å². The molecule has 0 saturated carbocycles. The molecule has 0 atom stereocenters. The molecule has 0 aliphatic carbocycles. The molecule has 0 bridgehead atoms. The monoisotopic (exact) mass is 452 g/mol. The first-order valence-electron chi connectivity index (χ1n) is 11.6. The van der Waals surface area contributed by atoms with Crippen LogP contribution >= 0.6 is 0 Å². The molecule has 0 aromatic heterocycles. The molecule has 174 valence electrons. The fourth-order valence-corrected chi connectivity index (χ4v) is 3.38. The predicted octanol–water partition coefficient (Wildman–Crippen LogP) is 7.24. The number of hydrogen-bond acceptors (Lipinski definition) is 2. The van der Waals surface area contributed by atoms with Crippen LogP contribution in [0.5, 0.6) is 0 Å². The van der Waals surface area contributed by atoms with E-state index in [1.807, 2.05) is 36.4 Å². The Hall–Kier alpha value is -3.92. The Morgan fingerprint density at radius 3 is 1.26 bits per heavy atom. The number of benzene rings is 3. The molecule has 0 radical (unpaired) electrons. The largest absolute Gasteiger partial charge is 0.321 e. The van der Waals surface area contributed by atoms with Crippen molar-refractivity contribution >= 4 is 35.3 Å². The molecule has 0 aliphatic heterocycles. The van der Waals surface area contributed by atoms with Crippen molar-refractivity contribution in [3.05, 3.63) is 107 Å². The van der Waals surface area contributed by atoms with Gasteiger partial charge in [0.05, 0.1) is 11.4 Å². The zero-order valence-electron chi connectivity index (χ0n) is 20.2. The van der Waals surface area contributed by atoms with Gasteiger partial charge in [0.1, 0.15) is 0 Å². The summed E-state index contributed by atoms with van der Waals surface area (Å²) in [5.41, 5.74) is 5.49. The van der Waals surface area contributed by atoms with E-state index >= 15 is 0 Å². The third-order valence-electron chi connectivity index (χ3n) is 5.50. The molecule has 0 fully saturated rings. The lowest BCUT2D eigenvalue weighted by atomic mass is 10.0. The summed E-state index contributed by atoms with van der Waals surface area (Å²) in [5, 5.41) is 5.68. The van der Waals surface area contributed by atoms with E-state index < -0.39 is 0 Å². The number of anilines is 2. The minimum absolute atomic E-state index is 0.268. The highest BCUT2D eigenvalue weighted by Gasteiger charge is 2.07. The lowest BCUT2D eigenvalue weighted by molar-refractivity contribution is -0.112. The van der Waals surface area contributed by atoms with Crippen molar-refractivity contribution in [3.63, 3.8) is 0 Å². The molecule has 0 saturated heterocycles. The zero-order valence-corrected chi connectivity index (χ0v) is 20.2. The number of nitrogens with one attached hydrogen (secondary N) is 2. The quantitative estimate of drug-likeness (QED) is 0.354. The highest BCUT2D eigenvalue weighted by atomic mass is 16.2. The summed E-state index contributed by atoms with van der Waals surface area (Å²) >= 11 is 0. The Morgan fingerprint density at radius 2 is 0.941 bits per heavy atom. The van der Waals surface area contributed by atoms with E-state index in [9.17, 15) is 9.59 Å². The van der Waals surface area contributed by atoms with Crippen molar-refractivity contribution in [1.29, 1.82) is 0 Å². The number of carbonyl (C=O) groups is 2. The molecule has 2 amide bonds. The van der Waals surface area contributed by atoms with Gasteiger partial charge < -0.3 is 10.6 Å². The van der Waals surface area contributed by atoms with Gasteiger partial charge >= 0.3 is 0 Å². The van der Waals surface area contributed by atoms with Crippen molar-refractivity contribution < 1.29 is 9.59 Å². The molecule has 0 spiro atoms. The molecule has 0 unspecified atom stereocenters. The van der Waals surface area contributed by atoms with E-state index in [0.29, 0.717) is 23.2 Å². The molecule has 3 aromatic rings. The Balaban J connectivity index is 1.61. The van der Waals surface area contributed by atoms with Gasteiger partial charge in [-0.25, -0.2) is 0 Å². The van der Waals surface area contributed by atoms with E-state index in [0.717, 1.165) is 11.1 Å². The first-order chi connectivity index (χ1) is 16.3. The van der Waals surface area contributed by atoms with Crippen LogP contribution in [-0.2, 0) is 9.59 Å². The topological polar surface area (TPSA) is 58.2 Å². The van der Waals surface area contributed by atoms with E-state index in [1.54, 1.807) is 24.3 Å². The van der Waals surface area contributed by atoms with Crippen LogP contribution in [0.2, 0.25) is 0 Å². The van der Waals surface area contributed by atoms with Gasteiger partial charge in [-0.3, -0.25) is 9.59 Å². The first kappa shape index (κ1) is 24.7. The summed E-state index contributed by atoms with van der Waals surface area (Å²) in [6, 6.07) is 23.4. The van der Waals surface area contributed by atoms with E-state index in [4.69, 9.17) is 0 Å². The second-order valence-corrected chi connectivity index (χ2v) is 8.83. The molecular formula is C30H32N2O2. The molecule has 0 aliphatic rings. The average Bonchev–Trinajstić information content (AvgIpc) is 2.83. The van der Waals surface area contributed by atoms with Gasteiger partial charge in [0.25, 0.3) is 0 Å². The second kappa shape index (κ2) is 11.8. The Bertz CT molecular complexity index is 1080. The van der Waals surface area contributed by atoms with Crippen molar-refractivity contribution in [3.8, 4) is 0 Å². The van der Waals surface area contributed by atoms with Crippen molar-refractivity contribution in [2.45, 2.75) is 39.5 Å². The molecule has 3 aromatic carbocycles. The highest BCUT2D eigenvalue weighted by Crippen LogP contribution is 2.22. The van der Waals surface area contributed by atoms with Crippen LogP contribution in [0.15, 0.2) is 84.9 Å².